The Kier molecular flexibility index (Phi) is 2.41. The summed E-state index contributed by atoms with van der Waals surface area (Å²) in [5, 5.41) is 9.95. The molecule has 0 atom stereocenters. The predicted molar refractivity (Wildman–Crippen MR) is 61.4 cm³/mol. The Labute approximate surface area is 101 Å². The Morgan fingerprint density at radius 2 is 1.94 bits per heavy atom. The summed E-state index contributed by atoms with van der Waals surface area (Å²) < 4.78 is 5.08. The maximum Gasteiger partial charge on any atom is 0.278 e. The molecule has 0 aliphatic heterocycles. The van der Waals surface area contributed by atoms with Crippen molar-refractivity contribution in [2.24, 2.45) is 0 Å². The average Bonchev–Trinajstić information content (AvgIpc) is 2.90. The van der Waals surface area contributed by atoms with Gasteiger partial charge in [-0.2, -0.15) is 10.1 Å². The molecule has 0 amide bonds. The van der Waals surface area contributed by atoms with Crippen LogP contribution in [0.25, 0.3) is 23.0 Å². The number of pyridine rings is 1. The van der Waals surface area contributed by atoms with Crippen molar-refractivity contribution in [3.63, 3.8) is 0 Å². The minimum absolute atomic E-state index is 0.248. The largest absolute Gasteiger partial charge is 0.332 e. The third-order valence-electron chi connectivity index (χ3n) is 2.26. The summed E-state index contributed by atoms with van der Waals surface area (Å²) in [6.07, 6.45) is 3.28. The Hall–Kier alpha value is -2.83. The summed E-state index contributed by atoms with van der Waals surface area (Å²) in [4.78, 5) is 19.0. The first-order valence-corrected chi connectivity index (χ1v) is 5.13. The van der Waals surface area contributed by atoms with Crippen LogP contribution in [0.15, 0.2) is 46.0 Å². The summed E-state index contributed by atoms with van der Waals surface area (Å²) in [7, 11) is 0. The van der Waals surface area contributed by atoms with Gasteiger partial charge in [-0.1, -0.05) is 5.16 Å². The lowest BCUT2D eigenvalue weighted by Crippen LogP contribution is -2.05. The molecule has 0 unspecified atom stereocenters. The molecule has 0 aliphatic rings. The van der Waals surface area contributed by atoms with Crippen molar-refractivity contribution in [2.45, 2.75) is 0 Å². The van der Waals surface area contributed by atoms with Crippen LogP contribution in [0.1, 0.15) is 0 Å². The smallest absolute Gasteiger partial charge is 0.278 e. The molecule has 0 saturated heterocycles. The van der Waals surface area contributed by atoms with Crippen LogP contribution in [0.2, 0.25) is 0 Å². The Balaban J connectivity index is 1.99. The van der Waals surface area contributed by atoms with E-state index in [-0.39, 0.29) is 11.4 Å². The molecule has 88 valence electrons. The van der Waals surface area contributed by atoms with Crippen molar-refractivity contribution in [3.05, 3.63) is 47.0 Å². The summed E-state index contributed by atoms with van der Waals surface area (Å²) in [6.45, 7) is 0. The highest BCUT2D eigenvalue weighted by molar-refractivity contribution is 5.56. The van der Waals surface area contributed by atoms with E-state index in [1.54, 1.807) is 24.5 Å². The molecule has 3 aromatic heterocycles. The number of aromatic amines is 1. The number of nitrogens with zero attached hydrogens (tertiary/aromatic N) is 4. The second-order valence-electron chi connectivity index (χ2n) is 3.47. The second-order valence-corrected chi connectivity index (χ2v) is 3.47. The molecule has 0 spiro atoms. The number of nitrogens with one attached hydrogen (secondary N) is 1. The Morgan fingerprint density at radius 1 is 1.11 bits per heavy atom. The molecule has 0 bridgehead atoms. The molecule has 0 aliphatic carbocycles. The van der Waals surface area contributed by atoms with Gasteiger partial charge in [0, 0.05) is 24.0 Å². The third-order valence-corrected chi connectivity index (χ3v) is 2.26. The molecule has 3 rings (SSSR count). The average molecular weight is 241 g/mol. The normalized spacial score (nSPS) is 10.4. The first-order valence-electron chi connectivity index (χ1n) is 5.13. The minimum atomic E-state index is -0.285. The first-order chi connectivity index (χ1) is 8.83. The van der Waals surface area contributed by atoms with Gasteiger partial charge >= 0.3 is 0 Å². The quantitative estimate of drug-likeness (QED) is 0.715. The number of hydrogen-bond donors (Lipinski definition) is 1. The predicted octanol–water partition coefficient (Wildman–Crippen LogP) is 0.882. The molecular weight excluding hydrogens is 234 g/mol. The highest BCUT2D eigenvalue weighted by Crippen LogP contribution is 2.18. The second kappa shape index (κ2) is 4.21. The van der Waals surface area contributed by atoms with Gasteiger partial charge in [0.2, 0.25) is 5.82 Å². The molecule has 7 nitrogen and oxygen atoms in total. The zero-order valence-electron chi connectivity index (χ0n) is 9.07. The summed E-state index contributed by atoms with van der Waals surface area (Å²) >= 11 is 0. The molecule has 0 radical (unpaired) electrons. The molecule has 0 aromatic carbocycles. The van der Waals surface area contributed by atoms with E-state index in [1.807, 2.05) is 0 Å². The number of rotatable bonds is 2. The number of hydrogen-bond acceptors (Lipinski definition) is 6. The Morgan fingerprint density at radius 3 is 2.67 bits per heavy atom. The zero-order valence-corrected chi connectivity index (χ0v) is 9.07. The lowest BCUT2D eigenvalue weighted by atomic mass is 10.2. The van der Waals surface area contributed by atoms with Crippen molar-refractivity contribution >= 4 is 0 Å². The van der Waals surface area contributed by atoms with Crippen molar-refractivity contribution in [1.29, 1.82) is 0 Å². The number of aromatic nitrogens is 5. The van der Waals surface area contributed by atoms with Gasteiger partial charge < -0.3 is 4.52 Å². The maximum atomic E-state index is 10.9. The first kappa shape index (κ1) is 10.3. The standard InChI is InChI=1S/C11H7N5O2/c17-9-2-1-8(14-15-9)11-13-10(16-18-11)7-3-5-12-6-4-7/h1-6H,(H,15,17). The van der Waals surface area contributed by atoms with E-state index in [4.69, 9.17) is 4.52 Å². The minimum Gasteiger partial charge on any atom is -0.332 e. The van der Waals surface area contributed by atoms with Crippen molar-refractivity contribution in [3.8, 4) is 23.0 Å². The van der Waals surface area contributed by atoms with Crippen LogP contribution in [0, 0.1) is 0 Å². The van der Waals surface area contributed by atoms with E-state index in [0.717, 1.165) is 5.56 Å². The molecule has 7 heteroatoms. The topological polar surface area (TPSA) is 97.6 Å². The molecule has 18 heavy (non-hydrogen) atoms. The molecular formula is C11H7N5O2. The summed E-state index contributed by atoms with van der Waals surface area (Å²) in [5.74, 6) is 0.693. The molecule has 3 aromatic rings. The summed E-state index contributed by atoms with van der Waals surface area (Å²) in [6, 6.07) is 6.41. The van der Waals surface area contributed by atoms with Crippen LogP contribution in [-0.4, -0.2) is 25.3 Å². The van der Waals surface area contributed by atoms with Crippen LogP contribution >= 0.6 is 0 Å². The van der Waals surface area contributed by atoms with E-state index in [1.165, 1.54) is 12.1 Å². The SMILES string of the molecule is O=c1ccc(-c2nc(-c3ccncc3)no2)n[nH]1. The molecule has 1 N–H and O–H groups in total. The van der Waals surface area contributed by atoms with Crippen LogP contribution in [0.5, 0.6) is 0 Å². The third kappa shape index (κ3) is 1.88. The molecule has 0 fully saturated rings. The Bertz CT molecular complexity index is 699. The van der Waals surface area contributed by atoms with Crippen molar-refractivity contribution < 1.29 is 4.52 Å². The van der Waals surface area contributed by atoms with Gasteiger partial charge in [-0.15, -0.1) is 0 Å². The monoisotopic (exact) mass is 241 g/mol. The lowest BCUT2D eigenvalue weighted by molar-refractivity contribution is 0.430. The van der Waals surface area contributed by atoms with E-state index in [9.17, 15) is 4.79 Å². The number of H-pyrrole nitrogens is 1. The highest BCUT2D eigenvalue weighted by Gasteiger charge is 2.11. The van der Waals surface area contributed by atoms with Gasteiger partial charge in [0.05, 0.1) is 0 Å². The van der Waals surface area contributed by atoms with E-state index >= 15 is 0 Å². The van der Waals surface area contributed by atoms with Gasteiger partial charge in [-0.05, 0) is 18.2 Å². The van der Waals surface area contributed by atoms with Crippen LogP contribution in [0.3, 0.4) is 0 Å². The van der Waals surface area contributed by atoms with Crippen LogP contribution < -0.4 is 5.56 Å². The van der Waals surface area contributed by atoms with Gasteiger partial charge in [-0.25, -0.2) is 5.10 Å². The fraction of sp³-hybridized carbons (Fsp3) is 0. The van der Waals surface area contributed by atoms with Crippen LogP contribution in [-0.2, 0) is 0 Å². The van der Waals surface area contributed by atoms with Gasteiger partial charge in [0.25, 0.3) is 11.4 Å². The lowest BCUT2D eigenvalue weighted by Gasteiger charge is -1.90. The van der Waals surface area contributed by atoms with Crippen LogP contribution in [0.4, 0.5) is 0 Å². The fourth-order valence-electron chi connectivity index (χ4n) is 1.41. The molecule has 3 heterocycles. The van der Waals surface area contributed by atoms with Gasteiger partial charge in [0.1, 0.15) is 5.69 Å². The maximum absolute atomic E-state index is 10.9. The van der Waals surface area contributed by atoms with Crippen molar-refractivity contribution in [1.82, 2.24) is 25.3 Å². The van der Waals surface area contributed by atoms with Gasteiger partial charge in [-0.3, -0.25) is 9.78 Å². The van der Waals surface area contributed by atoms with E-state index in [0.29, 0.717) is 11.5 Å². The highest BCUT2D eigenvalue weighted by atomic mass is 16.5. The van der Waals surface area contributed by atoms with E-state index in [2.05, 4.69) is 25.3 Å². The van der Waals surface area contributed by atoms with E-state index < -0.39 is 0 Å². The fourth-order valence-corrected chi connectivity index (χ4v) is 1.41. The van der Waals surface area contributed by atoms with Gasteiger partial charge in [0.15, 0.2) is 0 Å². The van der Waals surface area contributed by atoms with Crippen molar-refractivity contribution in [2.75, 3.05) is 0 Å². The molecule has 0 saturated carbocycles. The zero-order chi connectivity index (χ0) is 12.4. The summed E-state index contributed by atoms with van der Waals surface area (Å²) in [5.41, 5.74) is 0.930.